The molecule has 2 aromatic rings. The number of sulfonamides is 1. The van der Waals surface area contributed by atoms with Crippen molar-refractivity contribution in [2.75, 3.05) is 13.1 Å². The van der Waals surface area contributed by atoms with Gasteiger partial charge in [0, 0.05) is 13.1 Å². The molecule has 0 bridgehead atoms. The molecule has 0 aliphatic carbocycles. The van der Waals surface area contributed by atoms with Crippen molar-refractivity contribution in [2.24, 2.45) is 0 Å². The first-order valence-corrected chi connectivity index (χ1v) is 10.2. The highest BCUT2D eigenvalue weighted by molar-refractivity contribution is 7.89. The summed E-state index contributed by atoms with van der Waals surface area (Å²) in [6.45, 7) is 1.82. The third-order valence-corrected chi connectivity index (χ3v) is 5.55. The molecule has 3 amide bonds. The smallest absolute Gasteiger partial charge is 0.338 e. The molecule has 11 heteroatoms. The summed E-state index contributed by atoms with van der Waals surface area (Å²) in [5.41, 5.74) is -0.0450. The number of rotatable bonds is 7. The predicted octanol–water partition coefficient (Wildman–Crippen LogP) is 0.855. The lowest BCUT2D eigenvalue weighted by atomic mass is 10.2. The highest BCUT2D eigenvalue weighted by atomic mass is 32.2. The zero-order valence-corrected chi connectivity index (χ0v) is 16.3. The van der Waals surface area contributed by atoms with Crippen molar-refractivity contribution in [2.45, 2.75) is 24.5 Å². The Morgan fingerprint density at radius 3 is 2.76 bits per heavy atom. The fourth-order valence-electron chi connectivity index (χ4n) is 2.63. The first-order valence-electron chi connectivity index (χ1n) is 8.70. The third-order valence-electron chi connectivity index (χ3n) is 4.15. The summed E-state index contributed by atoms with van der Waals surface area (Å²) in [5.74, 6) is -1.10. The normalized spacial score (nSPS) is 15.1. The van der Waals surface area contributed by atoms with Crippen molar-refractivity contribution >= 4 is 27.9 Å². The fraction of sp³-hybridized carbons (Fsp3) is 0.278. The molecule has 10 nitrogen and oxygen atoms in total. The number of urea groups is 1. The van der Waals surface area contributed by atoms with E-state index < -0.39 is 34.0 Å². The highest BCUT2D eigenvalue weighted by Crippen LogP contribution is 2.15. The first kappa shape index (κ1) is 20.6. The van der Waals surface area contributed by atoms with Crippen LogP contribution in [0.25, 0.3) is 0 Å². The Morgan fingerprint density at radius 2 is 2.10 bits per heavy atom. The summed E-state index contributed by atoms with van der Waals surface area (Å²) in [6.07, 6.45) is 0.220. The molecule has 0 unspecified atom stereocenters. The zero-order valence-electron chi connectivity index (χ0n) is 15.5. The quantitative estimate of drug-likeness (QED) is 0.633. The monoisotopic (exact) mass is 421 g/mol. The van der Waals surface area contributed by atoms with E-state index in [1.165, 1.54) is 31.4 Å². The number of furan rings is 1. The van der Waals surface area contributed by atoms with Gasteiger partial charge in [0.2, 0.25) is 10.0 Å². The lowest BCUT2D eigenvalue weighted by Gasteiger charge is -2.18. The molecule has 0 radical (unpaired) electrons. The summed E-state index contributed by atoms with van der Waals surface area (Å²) in [7, 11) is -3.90. The van der Waals surface area contributed by atoms with Gasteiger partial charge in [0.05, 0.1) is 23.3 Å². The molecule has 2 heterocycles. The van der Waals surface area contributed by atoms with Crippen molar-refractivity contribution in [1.82, 2.24) is 14.9 Å². The van der Waals surface area contributed by atoms with E-state index in [1.54, 1.807) is 12.1 Å². The molecule has 1 saturated heterocycles. The van der Waals surface area contributed by atoms with E-state index in [9.17, 15) is 22.8 Å². The van der Waals surface area contributed by atoms with Gasteiger partial charge >= 0.3 is 12.0 Å². The van der Waals surface area contributed by atoms with Crippen LogP contribution < -0.4 is 10.0 Å². The minimum absolute atomic E-state index is 0.0450. The lowest BCUT2D eigenvalue weighted by Crippen LogP contribution is -2.41. The molecule has 1 aliphatic heterocycles. The lowest BCUT2D eigenvalue weighted by molar-refractivity contribution is -0.136. The maximum atomic E-state index is 12.4. The predicted molar refractivity (Wildman–Crippen MR) is 99.2 cm³/mol. The van der Waals surface area contributed by atoms with Crippen LogP contribution in [-0.2, 0) is 26.1 Å². The van der Waals surface area contributed by atoms with Crippen molar-refractivity contribution in [3.8, 4) is 0 Å². The number of amides is 3. The van der Waals surface area contributed by atoms with Crippen LogP contribution in [0.2, 0.25) is 0 Å². The Kier molecular flexibility index (Phi) is 5.99. The number of carbonyl (C=O) groups excluding carboxylic acids is 3. The van der Waals surface area contributed by atoms with E-state index in [0.717, 1.165) is 11.0 Å². The fourth-order valence-corrected chi connectivity index (χ4v) is 3.67. The summed E-state index contributed by atoms with van der Waals surface area (Å²) < 4.78 is 37.4. The molecule has 1 aliphatic rings. The van der Waals surface area contributed by atoms with Crippen LogP contribution in [0.15, 0.2) is 52.0 Å². The molecule has 0 spiro atoms. The van der Waals surface area contributed by atoms with Crippen LogP contribution in [-0.4, -0.2) is 50.4 Å². The van der Waals surface area contributed by atoms with Gasteiger partial charge in [0.25, 0.3) is 5.91 Å². The molecule has 154 valence electrons. The maximum absolute atomic E-state index is 12.4. The summed E-state index contributed by atoms with van der Waals surface area (Å²) in [5, 5.41) is 2.48. The SMILES string of the molecule is C[C@H](OC(=O)c1cccc(S(=O)(=O)NCc2ccco2)c1)C(=O)N1CCNC1=O. The summed E-state index contributed by atoms with van der Waals surface area (Å²) >= 11 is 0. The Bertz CT molecular complexity index is 1020. The average Bonchev–Trinajstić information content (AvgIpc) is 3.37. The number of carbonyl (C=O) groups is 3. The summed E-state index contributed by atoms with van der Waals surface area (Å²) in [6, 6.07) is 7.93. The van der Waals surface area contributed by atoms with E-state index in [2.05, 4.69) is 10.0 Å². The van der Waals surface area contributed by atoms with Gasteiger partial charge in [-0.05, 0) is 37.3 Å². The van der Waals surface area contributed by atoms with Gasteiger partial charge in [0.15, 0.2) is 6.10 Å². The Balaban J connectivity index is 1.67. The number of esters is 1. The van der Waals surface area contributed by atoms with Crippen molar-refractivity contribution in [1.29, 1.82) is 0 Å². The van der Waals surface area contributed by atoms with Gasteiger partial charge in [0.1, 0.15) is 5.76 Å². The van der Waals surface area contributed by atoms with Crippen LogP contribution in [0, 0.1) is 0 Å². The molecule has 2 N–H and O–H groups in total. The molecule has 1 aromatic carbocycles. The molecular weight excluding hydrogens is 402 g/mol. The van der Waals surface area contributed by atoms with Gasteiger partial charge in [-0.2, -0.15) is 0 Å². The highest BCUT2D eigenvalue weighted by Gasteiger charge is 2.32. The van der Waals surface area contributed by atoms with Gasteiger partial charge < -0.3 is 14.5 Å². The number of benzene rings is 1. The molecule has 3 rings (SSSR count). The maximum Gasteiger partial charge on any atom is 0.338 e. The van der Waals surface area contributed by atoms with Crippen LogP contribution in [0.5, 0.6) is 0 Å². The minimum atomic E-state index is -3.90. The van der Waals surface area contributed by atoms with Crippen LogP contribution in [0.4, 0.5) is 4.79 Å². The first-order chi connectivity index (χ1) is 13.8. The van der Waals surface area contributed by atoms with E-state index in [1.807, 2.05) is 0 Å². The minimum Gasteiger partial charge on any atom is -0.468 e. The van der Waals surface area contributed by atoms with Gasteiger partial charge in [-0.15, -0.1) is 0 Å². The molecule has 1 aromatic heterocycles. The van der Waals surface area contributed by atoms with Gasteiger partial charge in [-0.3, -0.25) is 9.69 Å². The van der Waals surface area contributed by atoms with E-state index >= 15 is 0 Å². The largest absolute Gasteiger partial charge is 0.468 e. The second kappa shape index (κ2) is 8.45. The van der Waals surface area contributed by atoms with Crippen LogP contribution >= 0.6 is 0 Å². The Morgan fingerprint density at radius 1 is 1.31 bits per heavy atom. The van der Waals surface area contributed by atoms with Crippen molar-refractivity contribution in [3.05, 3.63) is 54.0 Å². The average molecular weight is 421 g/mol. The number of hydrogen-bond acceptors (Lipinski definition) is 7. The van der Waals surface area contributed by atoms with Crippen molar-refractivity contribution < 1.29 is 32.0 Å². The topological polar surface area (TPSA) is 135 Å². The summed E-state index contributed by atoms with van der Waals surface area (Å²) in [4.78, 5) is 36.9. The number of nitrogens with zero attached hydrogens (tertiary/aromatic N) is 1. The standard InChI is InChI=1S/C18H19N3O7S/c1-12(16(22)21-8-7-19-18(21)24)28-17(23)13-4-2-6-15(10-13)29(25,26)20-11-14-5-3-9-27-14/h2-6,9-10,12,20H,7-8,11H2,1H3,(H,19,24)/t12-/m0/s1. The zero-order chi connectivity index (χ0) is 21.0. The molecule has 0 saturated carbocycles. The van der Waals surface area contributed by atoms with Crippen LogP contribution in [0.3, 0.4) is 0 Å². The number of nitrogens with one attached hydrogen (secondary N) is 2. The molecular formula is C18H19N3O7S. The van der Waals surface area contributed by atoms with Crippen molar-refractivity contribution in [3.63, 3.8) is 0 Å². The molecule has 29 heavy (non-hydrogen) atoms. The Hall–Kier alpha value is -3.18. The second-order valence-electron chi connectivity index (χ2n) is 6.20. The third kappa shape index (κ3) is 4.81. The van der Waals surface area contributed by atoms with E-state index in [-0.39, 0.29) is 23.5 Å². The van der Waals surface area contributed by atoms with E-state index in [4.69, 9.17) is 9.15 Å². The second-order valence-corrected chi connectivity index (χ2v) is 7.97. The van der Waals surface area contributed by atoms with E-state index in [0.29, 0.717) is 12.3 Å². The number of hydrogen-bond donors (Lipinski definition) is 2. The van der Waals surface area contributed by atoms with Gasteiger partial charge in [-0.1, -0.05) is 6.07 Å². The number of imide groups is 1. The molecule has 1 atom stereocenters. The number of ether oxygens (including phenoxy) is 1. The van der Waals surface area contributed by atoms with Crippen LogP contribution in [0.1, 0.15) is 23.0 Å². The van der Waals surface area contributed by atoms with Gasteiger partial charge in [-0.25, -0.2) is 22.7 Å². The molecule has 1 fully saturated rings. The Labute approximate surface area is 166 Å².